The first-order valence-corrected chi connectivity index (χ1v) is 11.2. The summed E-state index contributed by atoms with van der Waals surface area (Å²) in [5.41, 5.74) is 2.85. The van der Waals surface area contributed by atoms with Gasteiger partial charge in [-0.15, -0.1) is 0 Å². The first-order chi connectivity index (χ1) is 15.7. The van der Waals surface area contributed by atoms with Crippen LogP contribution >= 0.6 is 0 Å². The Morgan fingerprint density at radius 1 is 0.875 bits per heavy atom. The van der Waals surface area contributed by atoms with Crippen molar-refractivity contribution < 1.29 is 10.1 Å². The lowest BCUT2D eigenvalue weighted by atomic mass is 9.75. The quantitative estimate of drug-likeness (QED) is 0.424. The number of hydrogen-bond donors (Lipinski definition) is 1. The Morgan fingerprint density at radius 3 is 1.72 bits per heavy atom. The van der Waals surface area contributed by atoms with Gasteiger partial charge in [0.2, 0.25) is 0 Å². The van der Waals surface area contributed by atoms with Gasteiger partial charge >= 0.3 is 0 Å². The van der Waals surface area contributed by atoms with Gasteiger partial charge in [0.05, 0.1) is 0 Å². The molecule has 1 aromatic heterocycles. The lowest BCUT2D eigenvalue weighted by Gasteiger charge is -2.37. The van der Waals surface area contributed by atoms with Crippen molar-refractivity contribution in [3.8, 4) is 0 Å². The van der Waals surface area contributed by atoms with Crippen molar-refractivity contribution in [2.45, 2.75) is 31.8 Å². The van der Waals surface area contributed by atoms with Gasteiger partial charge in [-0.05, 0) is 6.42 Å². The number of carbonyl (C=O) groups is 1. The smallest absolute Gasteiger partial charge is 0.290 e. The van der Waals surface area contributed by atoms with Crippen LogP contribution in [0.5, 0.6) is 0 Å². The van der Waals surface area contributed by atoms with E-state index in [0.29, 0.717) is 0 Å². The fourth-order valence-corrected chi connectivity index (χ4v) is 4.46. The van der Waals surface area contributed by atoms with Gasteiger partial charge in [-0.1, -0.05) is 105 Å². The summed E-state index contributed by atoms with van der Waals surface area (Å²) < 4.78 is 1.61. The zero-order valence-corrected chi connectivity index (χ0v) is 18.6. The SMILES string of the molecule is CC[C@@H](C)[C@H]([NH2+]C(c1ccccc1)(c1ccccc1)c1ccccc1)C(=O)n1ccnc1. The second-order valence-electron chi connectivity index (χ2n) is 8.29. The molecule has 4 aromatic rings. The molecule has 0 amide bonds. The highest BCUT2D eigenvalue weighted by Crippen LogP contribution is 2.33. The van der Waals surface area contributed by atoms with Crippen LogP contribution in [0.15, 0.2) is 110 Å². The van der Waals surface area contributed by atoms with Gasteiger partial charge < -0.3 is 5.32 Å². The van der Waals surface area contributed by atoms with Crippen molar-refractivity contribution in [2.24, 2.45) is 5.92 Å². The van der Waals surface area contributed by atoms with Crippen LogP contribution in [0, 0.1) is 5.92 Å². The van der Waals surface area contributed by atoms with Crippen LogP contribution in [-0.4, -0.2) is 21.5 Å². The van der Waals surface area contributed by atoms with Gasteiger partial charge in [0.15, 0.2) is 11.6 Å². The molecule has 0 bridgehead atoms. The maximum Gasteiger partial charge on any atom is 0.290 e. The number of nitrogens with zero attached hydrogens (tertiary/aromatic N) is 2. The van der Waals surface area contributed by atoms with Crippen molar-refractivity contribution in [1.29, 1.82) is 0 Å². The zero-order valence-electron chi connectivity index (χ0n) is 18.6. The van der Waals surface area contributed by atoms with Gasteiger partial charge in [0.25, 0.3) is 5.91 Å². The van der Waals surface area contributed by atoms with Crippen LogP contribution in [0.3, 0.4) is 0 Å². The summed E-state index contributed by atoms with van der Waals surface area (Å²) in [4.78, 5) is 17.8. The lowest BCUT2D eigenvalue weighted by Crippen LogP contribution is -3.02. The third-order valence-corrected chi connectivity index (χ3v) is 6.42. The second kappa shape index (κ2) is 9.75. The van der Waals surface area contributed by atoms with Gasteiger partial charge in [-0.3, -0.25) is 9.36 Å². The first-order valence-electron chi connectivity index (χ1n) is 11.2. The van der Waals surface area contributed by atoms with Crippen molar-refractivity contribution in [1.82, 2.24) is 9.55 Å². The molecule has 4 heteroatoms. The largest absolute Gasteiger partial charge is 0.320 e. The molecule has 0 radical (unpaired) electrons. The topological polar surface area (TPSA) is 51.5 Å². The number of benzene rings is 3. The molecule has 1 heterocycles. The number of carbonyl (C=O) groups excluding carboxylic acids is 1. The van der Waals surface area contributed by atoms with Gasteiger partial charge in [-0.2, -0.15) is 0 Å². The Morgan fingerprint density at radius 2 is 1.34 bits per heavy atom. The number of hydrogen-bond acceptors (Lipinski definition) is 2. The minimum atomic E-state index is -0.575. The second-order valence-corrected chi connectivity index (χ2v) is 8.29. The van der Waals surface area contributed by atoms with E-state index >= 15 is 0 Å². The van der Waals surface area contributed by atoms with E-state index in [1.807, 2.05) is 18.2 Å². The Kier molecular flexibility index (Phi) is 6.62. The van der Waals surface area contributed by atoms with Crippen molar-refractivity contribution in [3.63, 3.8) is 0 Å². The molecule has 4 rings (SSSR count). The Hall–Kier alpha value is -3.50. The van der Waals surface area contributed by atoms with Crippen molar-refractivity contribution in [3.05, 3.63) is 126 Å². The predicted molar refractivity (Wildman–Crippen MR) is 127 cm³/mol. The van der Waals surface area contributed by atoms with Crippen LogP contribution in [0.2, 0.25) is 0 Å². The fraction of sp³-hybridized carbons (Fsp3) is 0.214. The minimum absolute atomic E-state index is 0.0454. The molecule has 2 atom stereocenters. The van der Waals surface area contributed by atoms with Gasteiger partial charge in [0.1, 0.15) is 6.33 Å². The molecule has 4 nitrogen and oxygen atoms in total. The zero-order chi connectivity index (χ0) is 22.4. The summed E-state index contributed by atoms with van der Waals surface area (Å²) >= 11 is 0. The fourth-order valence-electron chi connectivity index (χ4n) is 4.46. The van der Waals surface area contributed by atoms with Crippen LogP contribution in [0.1, 0.15) is 41.8 Å². The molecule has 0 unspecified atom stereocenters. The summed E-state index contributed by atoms with van der Waals surface area (Å²) in [6.45, 7) is 4.30. The summed E-state index contributed by atoms with van der Waals surface area (Å²) in [6, 6.07) is 31.2. The molecule has 0 saturated carbocycles. The van der Waals surface area contributed by atoms with Crippen molar-refractivity contribution >= 4 is 5.91 Å². The van der Waals surface area contributed by atoms with Gasteiger partial charge in [-0.25, -0.2) is 4.98 Å². The lowest BCUT2D eigenvalue weighted by molar-refractivity contribution is -0.740. The molecular weight excluding hydrogens is 394 g/mol. The number of imidazole rings is 1. The third kappa shape index (κ3) is 4.14. The minimum Gasteiger partial charge on any atom is -0.320 e. The Balaban J connectivity index is 1.95. The summed E-state index contributed by atoms with van der Waals surface area (Å²) in [5, 5.41) is 2.27. The van der Waals surface area contributed by atoms with Crippen LogP contribution in [-0.2, 0) is 5.54 Å². The molecule has 0 aliphatic carbocycles. The molecule has 0 aliphatic heterocycles. The average molecular weight is 425 g/mol. The number of nitrogens with two attached hydrogens (primary N) is 1. The standard InChI is InChI=1S/C28H29N3O/c1-3-22(2)26(27(32)31-20-19-29-21-31)30-28(23-13-7-4-8-14-23,24-15-9-5-10-16-24)25-17-11-6-12-18-25/h4-22,26,30H,3H2,1-2H3/p+1/t22-,26+/m1/s1. The molecule has 0 spiro atoms. The molecule has 0 fully saturated rings. The van der Waals surface area contributed by atoms with Gasteiger partial charge in [0, 0.05) is 35.0 Å². The van der Waals surface area contributed by atoms with Crippen LogP contribution in [0.25, 0.3) is 0 Å². The average Bonchev–Trinajstić information content (AvgIpc) is 3.41. The summed E-state index contributed by atoms with van der Waals surface area (Å²) in [7, 11) is 0. The van der Waals surface area contributed by atoms with Crippen LogP contribution in [0.4, 0.5) is 0 Å². The Bertz CT molecular complexity index is 1010. The Labute approximate surface area is 190 Å². The van der Waals surface area contributed by atoms with Crippen molar-refractivity contribution in [2.75, 3.05) is 0 Å². The monoisotopic (exact) mass is 424 g/mol. The highest BCUT2D eigenvalue weighted by Gasteiger charge is 2.45. The molecule has 0 saturated heterocycles. The van der Waals surface area contributed by atoms with E-state index in [9.17, 15) is 4.79 Å². The molecule has 32 heavy (non-hydrogen) atoms. The maximum absolute atomic E-state index is 13.7. The summed E-state index contributed by atoms with van der Waals surface area (Å²) in [5.74, 6) is 0.212. The normalized spacial score (nSPS) is 13.4. The first kappa shape index (κ1) is 21.7. The maximum atomic E-state index is 13.7. The number of quaternary nitrogens is 1. The van der Waals surface area contributed by atoms with E-state index in [-0.39, 0.29) is 17.9 Å². The van der Waals surface area contributed by atoms with E-state index < -0.39 is 5.54 Å². The third-order valence-electron chi connectivity index (χ3n) is 6.42. The number of rotatable bonds is 8. The highest BCUT2D eigenvalue weighted by atomic mass is 16.2. The molecule has 3 aromatic carbocycles. The molecule has 162 valence electrons. The van der Waals surface area contributed by atoms with E-state index in [1.54, 1.807) is 23.3 Å². The van der Waals surface area contributed by atoms with E-state index in [0.717, 1.165) is 23.1 Å². The van der Waals surface area contributed by atoms with E-state index in [4.69, 9.17) is 0 Å². The van der Waals surface area contributed by atoms with E-state index in [1.165, 1.54) is 0 Å². The summed E-state index contributed by atoms with van der Waals surface area (Å²) in [6.07, 6.45) is 5.89. The molecule has 0 aliphatic rings. The molecular formula is C28H30N3O+. The number of aromatic nitrogens is 2. The molecule has 2 N–H and O–H groups in total. The highest BCUT2D eigenvalue weighted by molar-refractivity contribution is 5.83. The predicted octanol–water partition coefficient (Wildman–Crippen LogP) is 4.49. The van der Waals surface area contributed by atoms with Crippen LogP contribution < -0.4 is 5.32 Å². The van der Waals surface area contributed by atoms with E-state index in [2.05, 4.69) is 96.9 Å².